The first kappa shape index (κ1) is 15.0. The quantitative estimate of drug-likeness (QED) is 0.753. The van der Waals surface area contributed by atoms with Gasteiger partial charge in [0.15, 0.2) is 0 Å². The van der Waals surface area contributed by atoms with Gasteiger partial charge in [0.05, 0.1) is 5.69 Å². The zero-order chi connectivity index (χ0) is 13.7. The highest BCUT2D eigenvalue weighted by molar-refractivity contribution is 5.25. The minimum Gasteiger partial charge on any atom is -0.314 e. The van der Waals surface area contributed by atoms with E-state index < -0.39 is 0 Å². The van der Waals surface area contributed by atoms with Crippen LogP contribution in [0.3, 0.4) is 0 Å². The Bertz CT molecular complexity index is 402. The first-order chi connectivity index (χ1) is 8.41. The van der Waals surface area contributed by atoms with Crippen LogP contribution >= 0.6 is 0 Å². The molecule has 0 aliphatic rings. The molecule has 0 unspecified atom stereocenters. The summed E-state index contributed by atoms with van der Waals surface area (Å²) in [6, 6.07) is 0.545. The molecule has 0 aliphatic heterocycles. The van der Waals surface area contributed by atoms with E-state index >= 15 is 0 Å². The number of rotatable bonds is 7. The van der Waals surface area contributed by atoms with Crippen molar-refractivity contribution in [3.8, 4) is 0 Å². The van der Waals surface area contributed by atoms with E-state index in [0.717, 1.165) is 25.9 Å². The Kier molecular flexibility index (Phi) is 5.60. The number of hydrogen-bond donors (Lipinski definition) is 1. The van der Waals surface area contributed by atoms with Crippen molar-refractivity contribution in [3.63, 3.8) is 0 Å². The summed E-state index contributed by atoms with van der Waals surface area (Å²) < 4.78 is 2.12. The third-order valence-corrected chi connectivity index (χ3v) is 3.21. The van der Waals surface area contributed by atoms with Crippen LogP contribution in [0.5, 0.6) is 0 Å². The highest BCUT2D eigenvalue weighted by Gasteiger charge is 2.10. The van der Waals surface area contributed by atoms with E-state index in [4.69, 9.17) is 0 Å². The van der Waals surface area contributed by atoms with Gasteiger partial charge in [0, 0.05) is 18.3 Å². The van der Waals surface area contributed by atoms with Gasteiger partial charge in [0.25, 0.3) is 0 Å². The molecular formula is C15H27N3. The summed E-state index contributed by atoms with van der Waals surface area (Å²) >= 11 is 0. The molecule has 0 saturated carbocycles. The van der Waals surface area contributed by atoms with Crippen LogP contribution in [-0.4, -0.2) is 22.4 Å². The van der Waals surface area contributed by atoms with Crippen molar-refractivity contribution >= 4 is 0 Å². The molecule has 0 aromatic carbocycles. The molecule has 0 saturated heterocycles. The Labute approximate surface area is 111 Å². The zero-order valence-electron chi connectivity index (χ0n) is 12.5. The molecular weight excluding hydrogens is 222 g/mol. The summed E-state index contributed by atoms with van der Waals surface area (Å²) in [6.45, 7) is 16.6. The molecule has 0 fully saturated rings. The van der Waals surface area contributed by atoms with Gasteiger partial charge in [-0.15, -0.1) is 6.58 Å². The summed E-state index contributed by atoms with van der Waals surface area (Å²) in [4.78, 5) is 0. The van der Waals surface area contributed by atoms with E-state index in [2.05, 4.69) is 56.3 Å². The van der Waals surface area contributed by atoms with Crippen LogP contribution in [-0.2, 0) is 13.0 Å². The summed E-state index contributed by atoms with van der Waals surface area (Å²) in [5.41, 5.74) is 5.08. The number of nitrogens with one attached hydrogen (secondary N) is 1. The first-order valence-electron chi connectivity index (χ1n) is 6.82. The highest BCUT2D eigenvalue weighted by atomic mass is 15.3. The van der Waals surface area contributed by atoms with Gasteiger partial charge in [-0.25, -0.2) is 0 Å². The monoisotopic (exact) mass is 249 g/mol. The third kappa shape index (κ3) is 4.30. The Morgan fingerprint density at radius 3 is 2.61 bits per heavy atom. The van der Waals surface area contributed by atoms with Crippen LogP contribution in [0.1, 0.15) is 44.1 Å². The Morgan fingerprint density at radius 1 is 1.39 bits per heavy atom. The second-order valence-electron chi connectivity index (χ2n) is 5.44. The molecule has 1 aromatic heterocycles. The lowest BCUT2D eigenvalue weighted by molar-refractivity contribution is 0.583. The molecule has 0 spiro atoms. The maximum atomic E-state index is 4.63. The van der Waals surface area contributed by atoms with E-state index in [-0.39, 0.29) is 0 Å². The van der Waals surface area contributed by atoms with Crippen molar-refractivity contribution in [3.05, 3.63) is 29.1 Å². The Morgan fingerprint density at radius 2 is 2.06 bits per heavy atom. The average Bonchev–Trinajstić information content (AvgIpc) is 2.53. The van der Waals surface area contributed by atoms with Crippen molar-refractivity contribution in [1.29, 1.82) is 0 Å². The van der Waals surface area contributed by atoms with Crippen LogP contribution in [0.15, 0.2) is 12.2 Å². The predicted octanol–water partition coefficient (Wildman–Crippen LogP) is 3.01. The van der Waals surface area contributed by atoms with E-state index in [1.54, 1.807) is 0 Å². The zero-order valence-corrected chi connectivity index (χ0v) is 12.5. The number of allylic oxidation sites excluding steroid dienone is 1. The SMILES string of the molecule is C=C(C)CCn1nc(C)c(CCNC(C)C)c1C. The number of aryl methyl sites for hydroxylation is 2. The van der Waals surface area contributed by atoms with Crippen LogP contribution < -0.4 is 5.32 Å². The molecule has 3 heteroatoms. The molecule has 0 amide bonds. The molecule has 18 heavy (non-hydrogen) atoms. The van der Waals surface area contributed by atoms with Gasteiger partial charge >= 0.3 is 0 Å². The van der Waals surface area contributed by atoms with Gasteiger partial charge in [0.1, 0.15) is 0 Å². The molecule has 1 heterocycles. The Hall–Kier alpha value is -1.09. The molecule has 1 rings (SSSR count). The van der Waals surface area contributed by atoms with Gasteiger partial charge in [0.2, 0.25) is 0 Å². The lowest BCUT2D eigenvalue weighted by Gasteiger charge is -2.08. The van der Waals surface area contributed by atoms with Crippen molar-refractivity contribution in [2.45, 2.75) is 60.0 Å². The predicted molar refractivity (Wildman–Crippen MR) is 78.0 cm³/mol. The fraction of sp³-hybridized carbons (Fsp3) is 0.667. The van der Waals surface area contributed by atoms with E-state index in [1.807, 2.05) is 0 Å². The second-order valence-corrected chi connectivity index (χ2v) is 5.44. The smallest absolute Gasteiger partial charge is 0.0628 e. The van der Waals surface area contributed by atoms with Crippen molar-refractivity contribution in [2.75, 3.05) is 6.54 Å². The van der Waals surface area contributed by atoms with Gasteiger partial charge < -0.3 is 5.32 Å². The van der Waals surface area contributed by atoms with Crippen LogP contribution in [0.4, 0.5) is 0 Å². The summed E-state index contributed by atoms with van der Waals surface area (Å²) in [6.07, 6.45) is 2.06. The topological polar surface area (TPSA) is 29.9 Å². The number of nitrogens with zero attached hydrogens (tertiary/aromatic N) is 2. The third-order valence-electron chi connectivity index (χ3n) is 3.21. The fourth-order valence-electron chi connectivity index (χ4n) is 2.10. The van der Waals surface area contributed by atoms with Gasteiger partial charge in [-0.3, -0.25) is 4.68 Å². The lowest BCUT2D eigenvalue weighted by Crippen LogP contribution is -2.25. The van der Waals surface area contributed by atoms with Crippen LogP contribution in [0.2, 0.25) is 0 Å². The normalized spacial score (nSPS) is 11.2. The summed E-state index contributed by atoms with van der Waals surface area (Å²) in [7, 11) is 0. The lowest BCUT2D eigenvalue weighted by atomic mass is 10.1. The highest BCUT2D eigenvalue weighted by Crippen LogP contribution is 2.14. The van der Waals surface area contributed by atoms with Crippen LogP contribution in [0.25, 0.3) is 0 Å². The first-order valence-corrected chi connectivity index (χ1v) is 6.82. The molecule has 102 valence electrons. The van der Waals surface area contributed by atoms with Crippen molar-refractivity contribution < 1.29 is 0 Å². The standard InChI is InChI=1S/C15H27N3/c1-11(2)8-10-18-14(6)15(13(5)17-18)7-9-16-12(3)4/h12,16H,1,7-10H2,2-6H3. The number of aromatic nitrogens is 2. The van der Waals surface area contributed by atoms with E-state index in [1.165, 1.54) is 22.5 Å². The molecule has 0 bridgehead atoms. The van der Waals surface area contributed by atoms with Gasteiger partial charge in [-0.05, 0) is 45.7 Å². The van der Waals surface area contributed by atoms with E-state index in [0.29, 0.717) is 6.04 Å². The minimum atomic E-state index is 0.545. The average molecular weight is 249 g/mol. The molecule has 1 aromatic rings. The maximum absolute atomic E-state index is 4.63. The van der Waals surface area contributed by atoms with Crippen LogP contribution in [0, 0.1) is 13.8 Å². The molecule has 3 nitrogen and oxygen atoms in total. The largest absolute Gasteiger partial charge is 0.314 e. The molecule has 0 aliphatic carbocycles. The number of hydrogen-bond acceptors (Lipinski definition) is 2. The summed E-state index contributed by atoms with van der Waals surface area (Å²) in [5.74, 6) is 0. The van der Waals surface area contributed by atoms with Crippen molar-refractivity contribution in [1.82, 2.24) is 15.1 Å². The second kappa shape index (κ2) is 6.74. The molecule has 0 radical (unpaired) electrons. The minimum absolute atomic E-state index is 0.545. The van der Waals surface area contributed by atoms with E-state index in [9.17, 15) is 0 Å². The Balaban J connectivity index is 2.65. The fourth-order valence-corrected chi connectivity index (χ4v) is 2.10. The summed E-state index contributed by atoms with van der Waals surface area (Å²) in [5, 5.41) is 8.08. The van der Waals surface area contributed by atoms with Gasteiger partial charge in [-0.2, -0.15) is 5.10 Å². The molecule has 0 atom stereocenters. The van der Waals surface area contributed by atoms with Crippen molar-refractivity contribution in [2.24, 2.45) is 0 Å². The van der Waals surface area contributed by atoms with Gasteiger partial charge in [-0.1, -0.05) is 19.4 Å². The maximum Gasteiger partial charge on any atom is 0.0628 e. The molecule has 1 N–H and O–H groups in total.